The van der Waals surface area contributed by atoms with Crippen molar-refractivity contribution in [1.29, 1.82) is 0 Å². The third kappa shape index (κ3) is 4.24. The second-order valence-corrected chi connectivity index (χ2v) is 6.88. The Morgan fingerprint density at radius 3 is 2.71 bits per heavy atom. The van der Waals surface area contributed by atoms with Gasteiger partial charge >= 0.3 is 5.97 Å². The topological polar surface area (TPSA) is 93.0 Å². The van der Waals surface area contributed by atoms with E-state index < -0.39 is 5.97 Å². The zero-order valence-corrected chi connectivity index (χ0v) is 16.5. The molecule has 0 atom stereocenters. The molecule has 0 saturated heterocycles. The van der Waals surface area contributed by atoms with Gasteiger partial charge in [-0.3, -0.25) is 5.43 Å². The zero-order valence-electron chi connectivity index (χ0n) is 15.0. The number of carbonyl (C=O) groups is 1. The highest BCUT2D eigenvalue weighted by atomic mass is 35.5. The van der Waals surface area contributed by atoms with Gasteiger partial charge in [0.1, 0.15) is 4.88 Å². The third-order valence-corrected chi connectivity index (χ3v) is 4.92. The maximum absolute atomic E-state index is 12.1. The van der Waals surface area contributed by atoms with Crippen LogP contribution in [0.3, 0.4) is 0 Å². The van der Waals surface area contributed by atoms with Gasteiger partial charge in [-0.2, -0.15) is 5.10 Å². The van der Waals surface area contributed by atoms with E-state index in [4.69, 9.17) is 21.1 Å². The minimum Gasteiger partial charge on any atom is -0.503 e. The van der Waals surface area contributed by atoms with Crippen molar-refractivity contribution in [2.75, 3.05) is 19.6 Å². The van der Waals surface area contributed by atoms with Crippen LogP contribution in [0.5, 0.6) is 11.5 Å². The Hall–Kier alpha value is -3.10. The summed E-state index contributed by atoms with van der Waals surface area (Å²) < 4.78 is 9.91. The van der Waals surface area contributed by atoms with Crippen molar-refractivity contribution in [3.05, 3.63) is 57.9 Å². The van der Waals surface area contributed by atoms with Gasteiger partial charge < -0.3 is 14.6 Å². The van der Waals surface area contributed by atoms with Crippen molar-refractivity contribution in [2.24, 2.45) is 5.10 Å². The van der Waals surface area contributed by atoms with Crippen LogP contribution < -0.4 is 10.2 Å². The number of esters is 1. The Bertz CT molecular complexity index is 1020. The quantitative estimate of drug-likeness (QED) is 0.350. The molecule has 0 spiro atoms. The highest BCUT2D eigenvalue weighted by Gasteiger charge is 2.20. The number of anilines is 1. The lowest BCUT2D eigenvalue weighted by Gasteiger charge is -2.05. The average Bonchev–Trinajstić information content (AvgIpc) is 3.14. The summed E-state index contributed by atoms with van der Waals surface area (Å²) in [6.45, 7) is 0. The number of rotatable bonds is 6. The Balaban J connectivity index is 1.85. The van der Waals surface area contributed by atoms with Gasteiger partial charge in [0.15, 0.2) is 11.5 Å². The SMILES string of the molecule is COC(=O)c1sc(N/N=C\c2cc(Cl)c(O)c(OC)c2)nc1-c1ccccc1. The van der Waals surface area contributed by atoms with E-state index in [9.17, 15) is 9.90 Å². The van der Waals surface area contributed by atoms with Gasteiger partial charge in [0, 0.05) is 5.56 Å². The highest BCUT2D eigenvalue weighted by molar-refractivity contribution is 7.17. The van der Waals surface area contributed by atoms with Crippen LogP contribution in [0.1, 0.15) is 15.2 Å². The molecule has 0 unspecified atom stereocenters. The fourth-order valence-corrected chi connectivity index (χ4v) is 3.45. The van der Waals surface area contributed by atoms with Crippen LogP contribution in [-0.2, 0) is 4.74 Å². The van der Waals surface area contributed by atoms with Crippen LogP contribution in [-0.4, -0.2) is 36.5 Å². The van der Waals surface area contributed by atoms with E-state index in [0.717, 1.165) is 16.9 Å². The minimum absolute atomic E-state index is 0.135. The lowest BCUT2D eigenvalue weighted by molar-refractivity contribution is 0.0607. The van der Waals surface area contributed by atoms with Gasteiger partial charge in [0.05, 0.1) is 31.2 Å². The van der Waals surface area contributed by atoms with E-state index in [2.05, 4.69) is 15.5 Å². The summed E-state index contributed by atoms with van der Waals surface area (Å²) in [7, 11) is 2.75. The molecule has 2 N–H and O–H groups in total. The Morgan fingerprint density at radius 2 is 2.04 bits per heavy atom. The molecule has 28 heavy (non-hydrogen) atoms. The zero-order chi connectivity index (χ0) is 20.1. The van der Waals surface area contributed by atoms with Gasteiger partial charge in [-0.1, -0.05) is 53.3 Å². The summed E-state index contributed by atoms with van der Waals surface area (Å²) in [5.41, 5.74) is 4.72. The van der Waals surface area contributed by atoms with E-state index >= 15 is 0 Å². The van der Waals surface area contributed by atoms with Crippen LogP contribution in [0.25, 0.3) is 11.3 Å². The molecule has 0 bridgehead atoms. The number of benzene rings is 2. The van der Waals surface area contributed by atoms with Gasteiger partial charge in [-0.25, -0.2) is 9.78 Å². The number of nitrogens with zero attached hydrogens (tertiary/aromatic N) is 2. The number of aromatic hydroxyl groups is 1. The number of ether oxygens (including phenoxy) is 2. The fourth-order valence-electron chi connectivity index (χ4n) is 2.38. The Kier molecular flexibility index (Phi) is 6.13. The molecule has 1 aromatic heterocycles. The number of carbonyl (C=O) groups excluding carboxylic acids is 1. The fraction of sp³-hybridized carbons (Fsp3) is 0.105. The van der Waals surface area contributed by atoms with Crippen LogP contribution in [0.2, 0.25) is 5.02 Å². The van der Waals surface area contributed by atoms with Crippen LogP contribution in [0, 0.1) is 0 Å². The molecule has 2 aromatic carbocycles. The first kappa shape index (κ1) is 19.7. The molecule has 144 valence electrons. The van der Waals surface area contributed by atoms with Gasteiger partial charge in [-0.05, 0) is 17.7 Å². The van der Waals surface area contributed by atoms with E-state index in [1.807, 2.05) is 30.3 Å². The number of aromatic nitrogens is 1. The molecule has 0 aliphatic carbocycles. The van der Waals surface area contributed by atoms with Crippen LogP contribution in [0.4, 0.5) is 5.13 Å². The maximum Gasteiger partial charge on any atom is 0.350 e. The van der Waals surface area contributed by atoms with Crippen LogP contribution in [0.15, 0.2) is 47.6 Å². The van der Waals surface area contributed by atoms with Crippen molar-refractivity contribution in [1.82, 2.24) is 4.98 Å². The summed E-state index contributed by atoms with van der Waals surface area (Å²) >= 11 is 7.10. The van der Waals surface area contributed by atoms with Crippen molar-refractivity contribution in [2.45, 2.75) is 0 Å². The predicted molar refractivity (Wildman–Crippen MR) is 110 cm³/mol. The van der Waals surface area contributed by atoms with E-state index in [1.165, 1.54) is 20.4 Å². The summed E-state index contributed by atoms with van der Waals surface area (Å²) in [5, 5.41) is 14.5. The molecular weight excluding hydrogens is 402 g/mol. The monoisotopic (exact) mass is 417 g/mol. The molecule has 1 heterocycles. The van der Waals surface area contributed by atoms with Crippen molar-refractivity contribution in [3.8, 4) is 22.8 Å². The second-order valence-electron chi connectivity index (χ2n) is 5.48. The molecule has 0 saturated carbocycles. The van der Waals surface area contributed by atoms with E-state index in [1.54, 1.807) is 12.1 Å². The number of phenols is 1. The maximum atomic E-state index is 12.1. The number of hydrazone groups is 1. The van der Waals surface area contributed by atoms with E-state index in [0.29, 0.717) is 21.3 Å². The summed E-state index contributed by atoms with van der Waals surface area (Å²) in [6, 6.07) is 12.5. The molecule has 0 radical (unpaired) electrons. The molecule has 9 heteroatoms. The number of methoxy groups -OCH3 is 2. The standard InChI is InChI=1S/C19H16ClN3O4S/c1-26-14-9-11(8-13(20)16(14)24)10-21-23-19-22-15(12-6-4-3-5-7-12)17(28-19)18(25)27-2/h3-10,24H,1-2H3,(H,22,23)/b21-10-. The Morgan fingerprint density at radius 1 is 1.29 bits per heavy atom. The number of hydrogen-bond acceptors (Lipinski definition) is 8. The molecule has 0 amide bonds. The molecule has 3 aromatic rings. The van der Waals surface area contributed by atoms with Gasteiger partial charge in [0.25, 0.3) is 0 Å². The minimum atomic E-state index is -0.469. The number of thiazole rings is 1. The highest BCUT2D eigenvalue weighted by Crippen LogP contribution is 2.34. The summed E-state index contributed by atoms with van der Waals surface area (Å²) in [5.74, 6) is -0.365. The normalized spacial score (nSPS) is 10.8. The number of nitrogens with one attached hydrogen (secondary N) is 1. The molecule has 3 rings (SSSR count). The first-order chi connectivity index (χ1) is 13.5. The smallest absolute Gasteiger partial charge is 0.350 e. The molecule has 0 fully saturated rings. The van der Waals surface area contributed by atoms with Crippen molar-refractivity contribution >= 4 is 40.3 Å². The molecular formula is C19H16ClN3O4S. The summed E-state index contributed by atoms with van der Waals surface area (Å²) in [6.07, 6.45) is 1.50. The second kappa shape index (κ2) is 8.73. The number of hydrogen-bond donors (Lipinski definition) is 2. The largest absolute Gasteiger partial charge is 0.503 e. The number of halogens is 1. The van der Waals surface area contributed by atoms with Gasteiger partial charge in [0.2, 0.25) is 5.13 Å². The predicted octanol–water partition coefficient (Wildman–Crippen LogP) is 4.41. The van der Waals surface area contributed by atoms with Crippen LogP contribution >= 0.6 is 22.9 Å². The lowest BCUT2D eigenvalue weighted by Crippen LogP contribution is -2.00. The average molecular weight is 418 g/mol. The summed E-state index contributed by atoms with van der Waals surface area (Å²) in [4.78, 5) is 16.9. The van der Waals surface area contributed by atoms with Gasteiger partial charge in [-0.15, -0.1) is 0 Å². The molecule has 0 aliphatic rings. The third-order valence-electron chi connectivity index (χ3n) is 3.69. The molecule has 7 nitrogen and oxygen atoms in total. The number of phenolic OH excluding ortho intramolecular Hbond substituents is 1. The van der Waals surface area contributed by atoms with Crippen molar-refractivity contribution < 1.29 is 19.4 Å². The van der Waals surface area contributed by atoms with Crippen molar-refractivity contribution in [3.63, 3.8) is 0 Å². The Labute approximate surface area is 170 Å². The lowest BCUT2D eigenvalue weighted by atomic mass is 10.1. The van der Waals surface area contributed by atoms with E-state index in [-0.39, 0.29) is 16.5 Å². The first-order valence-corrected chi connectivity index (χ1v) is 9.23. The first-order valence-electron chi connectivity index (χ1n) is 8.03. The molecule has 0 aliphatic heterocycles.